The maximum Gasteiger partial charge on any atom is 0.222 e. The van der Waals surface area contributed by atoms with Crippen LogP contribution in [0.4, 0.5) is 5.82 Å². The molecule has 7 heteroatoms. The summed E-state index contributed by atoms with van der Waals surface area (Å²) in [5.74, 6) is 1.16. The average Bonchev–Trinajstić information content (AvgIpc) is 3.28. The summed E-state index contributed by atoms with van der Waals surface area (Å²) < 4.78 is 13.4. The van der Waals surface area contributed by atoms with Crippen LogP contribution in [-0.4, -0.2) is 40.8 Å². The van der Waals surface area contributed by atoms with E-state index in [0.29, 0.717) is 19.0 Å². The Bertz CT molecular complexity index is 1010. The van der Waals surface area contributed by atoms with Gasteiger partial charge in [-0.2, -0.15) is 0 Å². The van der Waals surface area contributed by atoms with E-state index in [-0.39, 0.29) is 5.91 Å². The summed E-state index contributed by atoms with van der Waals surface area (Å²) in [4.78, 5) is 20.5. The average molecular weight is 366 g/mol. The number of amides is 1. The summed E-state index contributed by atoms with van der Waals surface area (Å²) in [7, 11) is 1.70. The summed E-state index contributed by atoms with van der Waals surface area (Å²) in [6.45, 7) is 4.68. The molecule has 1 amide bonds. The number of carbonyl (C=O) groups excluding carboxylic acids is 1. The molecule has 1 unspecified atom stereocenters. The number of carbonyl (C=O) groups is 1. The number of aromatic nitrogens is 3. The summed E-state index contributed by atoms with van der Waals surface area (Å²) >= 11 is 0. The second-order valence-corrected chi connectivity index (χ2v) is 6.88. The number of pyridine rings is 2. The van der Waals surface area contributed by atoms with E-state index in [1.165, 1.54) is 6.92 Å². The third-order valence-electron chi connectivity index (χ3n) is 4.92. The van der Waals surface area contributed by atoms with Gasteiger partial charge in [-0.15, -0.1) is 0 Å². The standard InChI is InChI=1S/C20H22N4O3/c1-13-8-17(20(26-3)5-7-27-12-20)23-19(9-13)24-6-4-15-11-21-18(10-16(15)24)22-14(2)25/h4,6,8-11H,5,7,12H2,1-3H3,(H,21,22,25). The van der Waals surface area contributed by atoms with E-state index < -0.39 is 5.60 Å². The number of anilines is 1. The second-order valence-electron chi connectivity index (χ2n) is 6.88. The van der Waals surface area contributed by atoms with E-state index in [0.717, 1.165) is 34.4 Å². The summed E-state index contributed by atoms with van der Waals surface area (Å²) in [5, 5.41) is 3.70. The number of hydrogen-bond acceptors (Lipinski definition) is 5. The van der Waals surface area contributed by atoms with Crippen LogP contribution in [0.3, 0.4) is 0 Å². The Morgan fingerprint density at radius 2 is 2.22 bits per heavy atom. The first kappa shape index (κ1) is 17.6. The molecule has 0 aliphatic carbocycles. The van der Waals surface area contributed by atoms with E-state index in [2.05, 4.69) is 16.4 Å². The Labute approximate surface area is 157 Å². The highest BCUT2D eigenvalue weighted by Crippen LogP contribution is 2.34. The molecule has 1 aliphatic rings. The van der Waals surface area contributed by atoms with Crippen molar-refractivity contribution in [3.05, 3.63) is 47.9 Å². The fourth-order valence-electron chi connectivity index (χ4n) is 3.50. The molecule has 0 spiro atoms. The van der Waals surface area contributed by atoms with Crippen molar-refractivity contribution in [1.29, 1.82) is 0 Å². The van der Waals surface area contributed by atoms with E-state index in [4.69, 9.17) is 14.5 Å². The third-order valence-corrected chi connectivity index (χ3v) is 4.92. The van der Waals surface area contributed by atoms with E-state index in [1.807, 2.05) is 35.9 Å². The Morgan fingerprint density at radius 3 is 2.93 bits per heavy atom. The highest BCUT2D eigenvalue weighted by atomic mass is 16.5. The van der Waals surface area contributed by atoms with Crippen LogP contribution in [0.25, 0.3) is 16.7 Å². The van der Waals surface area contributed by atoms with Gasteiger partial charge in [0.2, 0.25) is 5.91 Å². The Balaban J connectivity index is 1.82. The van der Waals surface area contributed by atoms with Gasteiger partial charge in [-0.25, -0.2) is 9.97 Å². The first-order chi connectivity index (χ1) is 13.0. The molecule has 4 heterocycles. The van der Waals surface area contributed by atoms with Gasteiger partial charge in [-0.05, 0) is 30.7 Å². The van der Waals surface area contributed by atoms with Crippen LogP contribution in [0.1, 0.15) is 24.6 Å². The normalized spacial score (nSPS) is 19.5. The van der Waals surface area contributed by atoms with Crippen LogP contribution in [0.15, 0.2) is 36.7 Å². The Morgan fingerprint density at radius 1 is 1.37 bits per heavy atom. The van der Waals surface area contributed by atoms with Crippen LogP contribution >= 0.6 is 0 Å². The van der Waals surface area contributed by atoms with E-state index >= 15 is 0 Å². The zero-order valence-corrected chi connectivity index (χ0v) is 15.7. The van der Waals surface area contributed by atoms with Crippen LogP contribution < -0.4 is 5.32 Å². The van der Waals surface area contributed by atoms with Gasteiger partial charge in [0.25, 0.3) is 0 Å². The number of nitrogens with one attached hydrogen (secondary N) is 1. The first-order valence-electron chi connectivity index (χ1n) is 8.88. The van der Waals surface area contributed by atoms with Crippen molar-refractivity contribution in [3.63, 3.8) is 0 Å². The monoisotopic (exact) mass is 366 g/mol. The molecule has 1 aliphatic heterocycles. The molecule has 0 radical (unpaired) electrons. The van der Waals surface area contributed by atoms with Gasteiger partial charge in [0, 0.05) is 50.9 Å². The van der Waals surface area contributed by atoms with Gasteiger partial charge in [0.15, 0.2) is 0 Å². The molecule has 0 aromatic carbocycles. The van der Waals surface area contributed by atoms with Gasteiger partial charge < -0.3 is 19.4 Å². The minimum absolute atomic E-state index is 0.154. The zero-order chi connectivity index (χ0) is 19.0. The molecule has 1 N–H and O–H groups in total. The molecule has 1 atom stereocenters. The highest BCUT2D eigenvalue weighted by Gasteiger charge is 2.38. The topological polar surface area (TPSA) is 78.3 Å². The quantitative estimate of drug-likeness (QED) is 0.768. The van der Waals surface area contributed by atoms with Crippen molar-refractivity contribution >= 4 is 22.6 Å². The van der Waals surface area contributed by atoms with Crippen LogP contribution in [0.5, 0.6) is 0 Å². The van der Waals surface area contributed by atoms with Gasteiger partial charge in [0.05, 0.1) is 17.8 Å². The predicted molar refractivity (Wildman–Crippen MR) is 102 cm³/mol. The molecule has 1 fully saturated rings. The molecule has 0 bridgehead atoms. The molecule has 3 aromatic heterocycles. The fraction of sp³-hybridized carbons (Fsp3) is 0.350. The molecule has 4 rings (SSSR count). The van der Waals surface area contributed by atoms with E-state index in [9.17, 15) is 4.79 Å². The lowest BCUT2D eigenvalue weighted by atomic mass is 9.97. The minimum Gasteiger partial charge on any atom is -0.378 e. The minimum atomic E-state index is -0.507. The molecule has 27 heavy (non-hydrogen) atoms. The Kier molecular flexibility index (Phi) is 4.41. The lowest BCUT2D eigenvalue weighted by Gasteiger charge is -2.26. The number of fused-ring (bicyclic) bond motifs is 1. The van der Waals surface area contributed by atoms with Gasteiger partial charge in [-0.1, -0.05) is 0 Å². The molecular formula is C20H22N4O3. The molecule has 1 saturated heterocycles. The zero-order valence-electron chi connectivity index (χ0n) is 15.7. The largest absolute Gasteiger partial charge is 0.378 e. The molecular weight excluding hydrogens is 344 g/mol. The van der Waals surface area contributed by atoms with Crippen molar-refractivity contribution in [1.82, 2.24) is 14.5 Å². The molecule has 140 valence electrons. The van der Waals surface area contributed by atoms with Gasteiger partial charge in [0.1, 0.15) is 17.2 Å². The predicted octanol–water partition coefficient (Wildman–Crippen LogP) is 2.95. The highest BCUT2D eigenvalue weighted by molar-refractivity contribution is 5.91. The van der Waals surface area contributed by atoms with Gasteiger partial charge >= 0.3 is 0 Å². The fourth-order valence-corrected chi connectivity index (χ4v) is 3.50. The smallest absolute Gasteiger partial charge is 0.222 e. The number of nitrogens with zero attached hydrogens (tertiary/aromatic N) is 3. The third kappa shape index (κ3) is 3.20. The maximum absolute atomic E-state index is 11.4. The number of rotatable bonds is 4. The molecule has 0 saturated carbocycles. The van der Waals surface area contributed by atoms with Crippen LogP contribution in [0.2, 0.25) is 0 Å². The van der Waals surface area contributed by atoms with E-state index in [1.54, 1.807) is 13.3 Å². The second kappa shape index (κ2) is 6.75. The number of methoxy groups -OCH3 is 1. The molecule has 3 aromatic rings. The van der Waals surface area contributed by atoms with Crippen molar-refractivity contribution in [2.45, 2.75) is 25.9 Å². The summed E-state index contributed by atoms with van der Waals surface area (Å²) in [6.07, 6.45) is 4.48. The first-order valence-corrected chi connectivity index (χ1v) is 8.88. The summed E-state index contributed by atoms with van der Waals surface area (Å²) in [6, 6.07) is 7.91. The lowest BCUT2D eigenvalue weighted by molar-refractivity contribution is -0.114. The van der Waals surface area contributed by atoms with Gasteiger partial charge in [-0.3, -0.25) is 4.79 Å². The van der Waals surface area contributed by atoms with Crippen molar-refractivity contribution in [3.8, 4) is 5.82 Å². The Hall–Kier alpha value is -2.77. The molecule has 7 nitrogen and oxygen atoms in total. The van der Waals surface area contributed by atoms with Crippen LogP contribution in [-0.2, 0) is 19.9 Å². The van der Waals surface area contributed by atoms with Crippen molar-refractivity contribution in [2.24, 2.45) is 0 Å². The lowest BCUT2D eigenvalue weighted by Crippen LogP contribution is -2.30. The van der Waals surface area contributed by atoms with Crippen LogP contribution in [0, 0.1) is 6.92 Å². The number of aryl methyl sites for hydroxylation is 1. The van der Waals surface area contributed by atoms with Crippen molar-refractivity contribution < 1.29 is 14.3 Å². The van der Waals surface area contributed by atoms with Crippen molar-refractivity contribution in [2.75, 3.05) is 25.6 Å². The maximum atomic E-state index is 11.4. The summed E-state index contributed by atoms with van der Waals surface area (Å²) in [5.41, 5.74) is 2.38. The SMILES string of the molecule is COC1(c2cc(C)cc(-n3ccc4cnc(NC(C)=O)cc43)n2)CCOC1. The number of hydrogen-bond donors (Lipinski definition) is 1. The number of ether oxygens (including phenoxy) is 2.